The molecule has 2 aromatic rings. The van der Waals surface area contributed by atoms with Crippen LogP contribution in [0, 0.1) is 25.2 Å². The van der Waals surface area contributed by atoms with E-state index in [1.54, 1.807) is 26.8 Å². The molecule has 2 rings (SSSR count). The lowest BCUT2D eigenvalue weighted by atomic mass is 9.95. The van der Waals surface area contributed by atoms with Gasteiger partial charge in [0.25, 0.3) is 0 Å². The van der Waals surface area contributed by atoms with Crippen LogP contribution in [0.25, 0.3) is 0 Å². The number of carbonyl (C=O) groups excluding carboxylic acids is 3. The van der Waals surface area contributed by atoms with Gasteiger partial charge in [-0.3, -0.25) is 9.59 Å². The molecular formula is C27H34N4O4. The number of ether oxygens (including phenoxy) is 1. The first-order chi connectivity index (χ1) is 16.4. The first-order valence-electron chi connectivity index (χ1n) is 11.5. The molecule has 0 fully saturated rings. The van der Waals surface area contributed by atoms with E-state index in [1.807, 2.05) is 62.4 Å². The number of alkyl carbamates (subject to hydrolysis) is 1. The predicted molar refractivity (Wildman–Crippen MR) is 133 cm³/mol. The Morgan fingerprint density at radius 3 is 2.31 bits per heavy atom. The van der Waals surface area contributed by atoms with Gasteiger partial charge in [0.1, 0.15) is 24.2 Å². The molecule has 0 aliphatic rings. The molecule has 2 N–H and O–H groups in total. The molecule has 2 unspecified atom stereocenters. The van der Waals surface area contributed by atoms with Crippen molar-refractivity contribution in [2.24, 2.45) is 0 Å². The summed E-state index contributed by atoms with van der Waals surface area (Å²) in [5, 5.41) is 14.9. The quantitative estimate of drug-likeness (QED) is 0.559. The topological polar surface area (TPSA) is 112 Å². The Morgan fingerprint density at radius 1 is 1.06 bits per heavy atom. The van der Waals surface area contributed by atoms with Crippen molar-refractivity contribution in [1.82, 2.24) is 15.5 Å². The molecule has 0 radical (unpaired) electrons. The second kappa shape index (κ2) is 12.0. The highest BCUT2D eigenvalue weighted by molar-refractivity contribution is 5.92. The molecule has 2 atom stereocenters. The van der Waals surface area contributed by atoms with E-state index in [9.17, 15) is 19.6 Å². The van der Waals surface area contributed by atoms with Gasteiger partial charge in [0.05, 0.1) is 6.07 Å². The van der Waals surface area contributed by atoms with Crippen LogP contribution in [0.2, 0.25) is 0 Å². The largest absolute Gasteiger partial charge is 0.444 e. The number of amides is 3. The number of benzene rings is 2. The molecule has 0 saturated heterocycles. The zero-order valence-corrected chi connectivity index (χ0v) is 21.2. The molecule has 186 valence electrons. The molecule has 2 aromatic carbocycles. The summed E-state index contributed by atoms with van der Waals surface area (Å²) in [5.41, 5.74) is 2.57. The average Bonchev–Trinajstić information content (AvgIpc) is 2.78. The van der Waals surface area contributed by atoms with Crippen molar-refractivity contribution in [1.29, 1.82) is 5.26 Å². The Morgan fingerprint density at radius 2 is 1.71 bits per heavy atom. The molecule has 0 saturated carbocycles. The first-order valence-corrected chi connectivity index (χ1v) is 11.5. The summed E-state index contributed by atoms with van der Waals surface area (Å²) in [4.78, 5) is 40.4. The van der Waals surface area contributed by atoms with E-state index < -0.39 is 35.6 Å². The van der Waals surface area contributed by atoms with E-state index in [1.165, 1.54) is 11.8 Å². The van der Waals surface area contributed by atoms with Crippen molar-refractivity contribution in [2.45, 2.75) is 65.8 Å². The zero-order chi connectivity index (χ0) is 26.2. The molecule has 0 heterocycles. The van der Waals surface area contributed by atoms with Crippen LogP contribution in [0.15, 0.2) is 48.5 Å². The van der Waals surface area contributed by atoms with E-state index in [4.69, 9.17) is 4.74 Å². The van der Waals surface area contributed by atoms with Crippen LogP contribution in [0.1, 0.15) is 56.0 Å². The number of nitrogens with zero attached hydrogens (tertiary/aromatic N) is 2. The minimum absolute atomic E-state index is 0.265. The smallest absolute Gasteiger partial charge is 0.408 e. The van der Waals surface area contributed by atoms with Crippen LogP contribution < -0.4 is 10.6 Å². The van der Waals surface area contributed by atoms with Gasteiger partial charge in [-0.2, -0.15) is 5.26 Å². The third-order valence-electron chi connectivity index (χ3n) is 5.44. The lowest BCUT2D eigenvalue weighted by molar-refractivity contribution is -0.141. The summed E-state index contributed by atoms with van der Waals surface area (Å²) in [7, 11) is 0. The number of hydrogen-bond donors (Lipinski definition) is 2. The minimum Gasteiger partial charge on any atom is -0.444 e. The predicted octanol–water partition coefficient (Wildman–Crippen LogP) is 3.93. The Balaban J connectivity index is 2.38. The Hall–Kier alpha value is -3.86. The lowest BCUT2D eigenvalue weighted by Crippen LogP contribution is -2.52. The Kier molecular flexibility index (Phi) is 9.41. The molecular weight excluding hydrogens is 444 g/mol. The number of nitrogens with one attached hydrogen (secondary N) is 2. The summed E-state index contributed by atoms with van der Waals surface area (Å²) >= 11 is 0. The van der Waals surface area contributed by atoms with Gasteiger partial charge >= 0.3 is 6.09 Å². The fourth-order valence-electron chi connectivity index (χ4n) is 3.57. The second-order valence-corrected chi connectivity index (χ2v) is 9.39. The molecule has 0 aliphatic carbocycles. The first kappa shape index (κ1) is 27.4. The second-order valence-electron chi connectivity index (χ2n) is 9.39. The molecule has 3 amide bonds. The third-order valence-corrected chi connectivity index (χ3v) is 5.44. The van der Waals surface area contributed by atoms with Gasteiger partial charge in [0.2, 0.25) is 11.8 Å². The van der Waals surface area contributed by atoms with Crippen LogP contribution >= 0.6 is 0 Å². The van der Waals surface area contributed by atoms with Crippen LogP contribution in [0.3, 0.4) is 0 Å². The van der Waals surface area contributed by atoms with Gasteiger partial charge in [-0.25, -0.2) is 4.79 Å². The number of carbonyl (C=O) groups is 3. The van der Waals surface area contributed by atoms with Crippen molar-refractivity contribution in [3.63, 3.8) is 0 Å². The fraction of sp³-hybridized carbons (Fsp3) is 0.407. The summed E-state index contributed by atoms with van der Waals surface area (Å²) in [6, 6.07) is 14.8. The monoisotopic (exact) mass is 478 g/mol. The highest BCUT2D eigenvalue weighted by Crippen LogP contribution is 2.27. The van der Waals surface area contributed by atoms with Crippen LogP contribution in [-0.4, -0.2) is 41.0 Å². The maximum absolute atomic E-state index is 13.5. The molecule has 0 bridgehead atoms. The molecule has 35 heavy (non-hydrogen) atoms. The van der Waals surface area contributed by atoms with E-state index in [2.05, 4.69) is 10.6 Å². The van der Waals surface area contributed by atoms with Crippen molar-refractivity contribution in [3.05, 3.63) is 70.8 Å². The van der Waals surface area contributed by atoms with E-state index >= 15 is 0 Å². The Labute approximate surface area is 207 Å². The van der Waals surface area contributed by atoms with Crippen LogP contribution in [0.4, 0.5) is 4.79 Å². The Bertz CT molecular complexity index is 1090. The van der Waals surface area contributed by atoms with Gasteiger partial charge in [0, 0.05) is 6.54 Å². The summed E-state index contributed by atoms with van der Waals surface area (Å²) in [6.07, 6.45) is -0.757. The number of aryl methyl sites for hydroxylation is 1. The maximum atomic E-state index is 13.5. The van der Waals surface area contributed by atoms with Crippen molar-refractivity contribution in [3.8, 4) is 6.07 Å². The highest BCUT2D eigenvalue weighted by Gasteiger charge is 2.35. The number of rotatable bonds is 8. The molecule has 8 nitrogen and oxygen atoms in total. The number of hydrogen-bond acceptors (Lipinski definition) is 5. The van der Waals surface area contributed by atoms with Gasteiger partial charge < -0.3 is 20.3 Å². The minimum atomic E-state index is -1.06. The standard InChI is InChI=1S/C27H34N4O4/c1-18-11-10-14-22(19(18)2)23(24(32)29-17-21-12-8-7-9-13-21)31(16-15-28)25(33)20(3)30-26(34)35-27(4,5)6/h7-14,20,23H,16-17H2,1-6H3,(H,29,32)(H,30,34). The zero-order valence-electron chi connectivity index (χ0n) is 21.2. The van der Waals surface area contributed by atoms with Crippen LogP contribution in [0.5, 0.6) is 0 Å². The maximum Gasteiger partial charge on any atom is 0.408 e. The number of nitriles is 1. The van der Waals surface area contributed by atoms with Gasteiger partial charge in [-0.1, -0.05) is 48.5 Å². The van der Waals surface area contributed by atoms with E-state index in [-0.39, 0.29) is 13.1 Å². The SMILES string of the molecule is Cc1cccc(C(C(=O)NCc2ccccc2)N(CC#N)C(=O)C(C)NC(=O)OC(C)(C)C)c1C. The van der Waals surface area contributed by atoms with Gasteiger partial charge in [-0.05, 0) is 63.8 Å². The highest BCUT2D eigenvalue weighted by atomic mass is 16.6. The van der Waals surface area contributed by atoms with E-state index in [0.717, 1.165) is 16.7 Å². The summed E-state index contributed by atoms with van der Waals surface area (Å²) in [6.45, 7) is 10.4. The average molecular weight is 479 g/mol. The van der Waals surface area contributed by atoms with Crippen molar-refractivity contribution < 1.29 is 19.1 Å². The lowest BCUT2D eigenvalue weighted by Gasteiger charge is -2.33. The molecule has 0 spiro atoms. The van der Waals surface area contributed by atoms with Crippen molar-refractivity contribution >= 4 is 17.9 Å². The normalized spacial score (nSPS) is 12.6. The van der Waals surface area contributed by atoms with Gasteiger partial charge in [-0.15, -0.1) is 0 Å². The molecule has 0 aliphatic heterocycles. The summed E-state index contributed by atoms with van der Waals surface area (Å²) in [5.74, 6) is -0.992. The van der Waals surface area contributed by atoms with Gasteiger partial charge in [0.15, 0.2) is 0 Å². The van der Waals surface area contributed by atoms with Crippen molar-refractivity contribution in [2.75, 3.05) is 6.54 Å². The van der Waals surface area contributed by atoms with E-state index in [0.29, 0.717) is 5.56 Å². The fourth-order valence-corrected chi connectivity index (χ4v) is 3.57. The molecule has 8 heteroatoms. The third kappa shape index (κ3) is 7.85. The summed E-state index contributed by atoms with van der Waals surface area (Å²) < 4.78 is 5.25. The molecule has 0 aromatic heterocycles. The van der Waals surface area contributed by atoms with Crippen LogP contribution in [-0.2, 0) is 20.9 Å².